The Morgan fingerprint density at radius 1 is 1.03 bits per heavy atom. The monoisotopic (exact) mass is 470 g/mol. The highest BCUT2D eigenvalue weighted by Gasteiger charge is 2.36. The molecule has 1 aliphatic rings. The highest BCUT2D eigenvalue weighted by Crippen LogP contribution is 2.34. The lowest BCUT2D eigenvalue weighted by Crippen LogP contribution is -2.27. The number of ether oxygens (including phenoxy) is 1. The van der Waals surface area contributed by atoms with Crippen LogP contribution in [-0.2, 0) is 27.4 Å². The highest BCUT2D eigenvalue weighted by molar-refractivity contribution is 6.14. The highest BCUT2D eigenvalue weighted by atomic mass is 16.5. The maximum atomic E-state index is 13.5. The second-order valence-electron chi connectivity index (χ2n) is 8.64. The molecule has 5 rings (SSSR count). The van der Waals surface area contributed by atoms with Crippen molar-refractivity contribution in [1.82, 2.24) is 9.47 Å². The maximum Gasteiger partial charge on any atom is 0.311 e. The minimum atomic E-state index is -0.601. The smallest absolute Gasteiger partial charge is 0.311 e. The van der Waals surface area contributed by atoms with Crippen LogP contribution in [0.25, 0.3) is 22.2 Å². The van der Waals surface area contributed by atoms with Gasteiger partial charge in [0.05, 0.1) is 30.0 Å². The molecule has 1 fully saturated rings. The van der Waals surface area contributed by atoms with E-state index in [0.29, 0.717) is 24.4 Å². The quantitative estimate of drug-likeness (QED) is 0.276. The normalized spacial score (nSPS) is 15.6. The number of para-hydroxylation sites is 1. The summed E-state index contributed by atoms with van der Waals surface area (Å²) in [5.74, 6) is -0.877. The van der Waals surface area contributed by atoms with Crippen molar-refractivity contribution < 1.29 is 23.5 Å². The van der Waals surface area contributed by atoms with Crippen molar-refractivity contribution in [3.8, 4) is 11.3 Å². The van der Waals surface area contributed by atoms with E-state index in [4.69, 9.17) is 9.15 Å². The summed E-state index contributed by atoms with van der Waals surface area (Å²) in [6, 6.07) is 21.1. The van der Waals surface area contributed by atoms with Crippen LogP contribution in [-0.4, -0.2) is 40.3 Å². The molecule has 35 heavy (non-hydrogen) atoms. The Morgan fingerprint density at radius 3 is 2.54 bits per heavy atom. The summed E-state index contributed by atoms with van der Waals surface area (Å²) in [4.78, 5) is 40.2. The van der Waals surface area contributed by atoms with Crippen molar-refractivity contribution in [2.75, 3.05) is 13.2 Å². The molecule has 0 spiro atoms. The first-order valence-electron chi connectivity index (χ1n) is 11.7. The van der Waals surface area contributed by atoms with E-state index in [9.17, 15) is 14.4 Å². The molecule has 1 atom stereocenters. The zero-order chi connectivity index (χ0) is 24.4. The van der Waals surface area contributed by atoms with Crippen LogP contribution in [0, 0.1) is 5.92 Å². The SMILES string of the molecule is CCn1c(-c2ccccc2)c(C(=O)COC(=O)C2CC(=O)N(Cc3ccco3)C2)c2ccccc21. The fraction of sp³-hybridized carbons (Fsp3) is 0.250. The molecule has 1 aliphatic heterocycles. The standard InChI is InChI=1S/C28H26N2O5/c1-2-30-23-13-7-6-12-22(23)26(27(30)19-9-4-3-5-10-19)24(31)18-35-28(33)20-15-25(32)29(16-20)17-21-11-8-14-34-21/h3-14,20H,2,15-18H2,1H3. The lowest BCUT2D eigenvalue weighted by atomic mass is 10.0. The van der Waals surface area contributed by atoms with Crippen molar-refractivity contribution in [2.45, 2.75) is 26.4 Å². The number of nitrogens with zero attached hydrogens (tertiary/aromatic N) is 2. The number of aromatic nitrogens is 1. The molecule has 7 nitrogen and oxygen atoms in total. The number of benzene rings is 2. The molecule has 178 valence electrons. The number of furan rings is 1. The van der Waals surface area contributed by atoms with Gasteiger partial charge in [0, 0.05) is 30.4 Å². The third-order valence-electron chi connectivity index (χ3n) is 6.43. The molecule has 1 unspecified atom stereocenters. The van der Waals surface area contributed by atoms with Crippen LogP contribution in [0.4, 0.5) is 0 Å². The van der Waals surface area contributed by atoms with Gasteiger partial charge >= 0.3 is 5.97 Å². The zero-order valence-corrected chi connectivity index (χ0v) is 19.5. The van der Waals surface area contributed by atoms with Gasteiger partial charge in [0.2, 0.25) is 11.7 Å². The number of fused-ring (bicyclic) bond motifs is 1. The number of amides is 1. The lowest BCUT2D eigenvalue weighted by Gasteiger charge is -2.15. The molecule has 0 aliphatic carbocycles. The van der Waals surface area contributed by atoms with Gasteiger partial charge in [-0.3, -0.25) is 14.4 Å². The van der Waals surface area contributed by atoms with Crippen LogP contribution in [0.5, 0.6) is 0 Å². The van der Waals surface area contributed by atoms with Crippen molar-refractivity contribution >= 4 is 28.6 Å². The Morgan fingerprint density at radius 2 is 1.80 bits per heavy atom. The number of carbonyl (C=O) groups excluding carboxylic acids is 3. The molecule has 4 aromatic rings. The lowest BCUT2D eigenvalue weighted by molar-refractivity contribution is -0.147. The van der Waals surface area contributed by atoms with E-state index in [2.05, 4.69) is 4.57 Å². The van der Waals surface area contributed by atoms with E-state index in [-0.39, 0.29) is 31.3 Å². The Kier molecular flexibility index (Phi) is 6.23. The van der Waals surface area contributed by atoms with Crippen molar-refractivity contribution in [2.24, 2.45) is 5.92 Å². The first-order chi connectivity index (χ1) is 17.1. The van der Waals surface area contributed by atoms with E-state index in [1.807, 2.05) is 61.5 Å². The fourth-order valence-electron chi connectivity index (χ4n) is 4.81. The average Bonchev–Trinajstić information content (AvgIpc) is 3.61. The zero-order valence-electron chi connectivity index (χ0n) is 19.5. The van der Waals surface area contributed by atoms with Gasteiger partial charge in [-0.2, -0.15) is 0 Å². The Labute approximate surface area is 202 Å². The molecule has 0 saturated carbocycles. The minimum absolute atomic E-state index is 0.0676. The predicted molar refractivity (Wildman–Crippen MR) is 131 cm³/mol. The van der Waals surface area contributed by atoms with Gasteiger partial charge in [-0.15, -0.1) is 0 Å². The number of Topliss-reactive ketones (excluding diaryl/α,β-unsaturated/α-hetero) is 1. The van der Waals surface area contributed by atoms with Crippen molar-refractivity contribution in [1.29, 1.82) is 0 Å². The molecular formula is C28H26N2O5. The number of carbonyl (C=O) groups is 3. The summed E-state index contributed by atoms with van der Waals surface area (Å²) >= 11 is 0. The number of esters is 1. The summed E-state index contributed by atoms with van der Waals surface area (Å²) in [6.07, 6.45) is 1.62. The molecule has 2 aromatic carbocycles. The van der Waals surface area contributed by atoms with Gasteiger partial charge in [-0.05, 0) is 30.7 Å². The largest absolute Gasteiger partial charge is 0.467 e. The Balaban J connectivity index is 1.35. The van der Waals surface area contributed by atoms with Gasteiger partial charge in [0.1, 0.15) is 5.76 Å². The topological polar surface area (TPSA) is 81.8 Å². The first-order valence-corrected chi connectivity index (χ1v) is 11.7. The number of likely N-dealkylation sites (tertiary alicyclic amines) is 1. The summed E-state index contributed by atoms with van der Waals surface area (Å²) in [5, 5.41) is 0.829. The van der Waals surface area contributed by atoms with E-state index >= 15 is 0 Å². The van der Waals surface area contributed by atoms with Gasteiger partial charge in [0.15, 0.2) is 6.61 Å². The third-order valence-corrected chi connectivity index (χ3v) is 6.43. The van der Waals surface area contributed by atoms with Gasteiger partial charge in [-0.1, -0.05) is 48.5 Å². The fourth-order valence-corrected chi connectivity index (χ4v) is 4.81. The van der Waals surface area contributed by atoms with Crippen LogP contribution in [0.3, 0.4) is 0 Å². The Bertz CT molecular complexity index is 1370. The number of ketones is 1. The van der Waals surface area contributed by atoms with Crippen molar-refractivity contribution in [3.63, 3.8) is 0 Å². The second-order valence-corrected chi connectivity index (χ2v) is 8.64. The van der Waals surface area contributed by atoms with Crippen LogP contribution in [0.2, 0.25) is 0 Å². The van der Waals surface area contributed by atoms with E-state index < -0.39 is 11.9 Å². The predicted octanol–water partition coefficient (Wildman–Crippen LogP) is 4.70. The molecule has 0 radical (unpaired) electrons. The van der Waals surface area contributed by atoms with Gasteiger partial charge in [-0.25, -0.2) is 0 Å². The summed E-state index contributed by atoms with van der Waals surface area (Å²) in [6.45, 7) is 2.91. The molecule has 1 saturated heterocycles. The van der Waals surface area contributed by atoms with Crippen LogP contribution in [0.15, 0.2) is 77.4 Å². The van der Waals surface area contributed by atoms with Gasteiger partial charge < -0.3 is 18.6 Å². The van der Waals surface area contributed by atoms with Crippen LogP contribution >= 0.6 is 0 Å². The van der Waals surface area contributed by atoms with Gasteiger partial charge in [0.25, 0.3) is 0 Å². The molecule has 1 amide bonds. The van der Waals surface area contributed by atoms with E-state index in [1.165, 1.54) is 0 Å². The van der Waals surface area contributed by atoms with E-state index in [0.717, 1.165) is 22.2 Å². The molecule has 0 bridgehead atoms. The van der Waals surface area contributed by atoms with E-state index in [1.54, 1.807) is 23.3 Å². The number of hydrogen-bond donors (Lipinski definition) is 0. The Hall–Kier alpha value is -4.13. The molecule has 2 aromatic heterocycles. The van der Waals surface area contributed by atoms with Crippen LogP contribution in [0.1, 0.15) is 29.5 Å². The number of aryl methyl sites for hydroxylation is 1. The summed E-state index contributed by atoms with van der Waals surface area (Å²) < 4.78 is 12.9. The maximum absolute atomic E-state index is 13.5. The van der Waals surface area contributed by atoms with Crippen LogP contribution < -0.4 is 0 Å². The summed E-state index contributed by atoms with van der Waals surface area (Å²) in [5.41, 5.74) is 3.24. The second kappa shape index (κ2) is 9.62. The first kappa shape index (κ1) is 22.7. The molecule has 3 heterocycles. The third kappa shape index (κ3) is 4.37. The minimum Gasteiger partial charge on any atom is -0.467 e. The summed E-state index contributed by atoms with van der Waals surface area (Å²) in [7, 11) is 0. The number of rotatable bonds is 8. The average molecular weight is 471 g/mol. The molecular weight excluding hydrogens is 444 g/mol. The number of hydrogen-bond acceptors (Lipinski definition) is 5. The molecule has 7 heteroatoms. The van der Waals surface area contributed by atoms with Crippen molar-refractivity contribution in [3.05, 3.63) is 84.3 Å². The molecule has 0 N–H and O–H groups in total.